The minimum atomic E-state index is -0.743. The summed E-state index contributed by atoms with van der Waals surface area (Å²) in [6, 6.07) is 21.6. The summed E-state index contributed by atoms with van der Waals surface area (Å²) < 4.78 is 11.3. The maximum absolute atomic E-state index is 14.3. The second kappa shape index (κ2) is 11.5. The number of ether oxygens (including phenoxy) is 1. The molecular weight excluding hydrogens is 544 g/mol. The molecule has 0 spiro atoms. The molecule has 5 aromatic rings. The highest BCUT2D eigenvalue weighted by molar-refractivity contribution is 5.89. The lowest BCUT2D eigenvalue weighted by Gasteiger charge is -2.28. The van der Waals surface area contributed by atoms with Crippen molar-refractivity contribution in [2.75, 3.05) is 24.3 Å². The van der Waals surface area contributed by atoms with E-state index in [1.165, 1.54) is 0 Å². The number of benzene rings is 3. The number of fused-ring (bicyclic) bond motifs is 10. The van der Waals surface area contributed by atoms with Crippen LogP contribution in [0.3, 0.4) is 0 Å². The van der Waals surface area contributed by atoms with Crippen LogP contribution in [-0.2, 0) is 16.1 Å². The molecule has 0 radical (unpaired) electrons. The smallest absolute Gasteiger partial charge is 0.411 e. The number of anilines is 2. The summed E-state index contributed by atoms with van der Waals surface area (Å²) in [5.74, 6) is 0.412. The molecule has 3 N–H and O–H groups in total. The van der Waals surface area contributed by atoms with E-state index in [0.717, 1.165) is 33.2 Å². The number of aromatic amines is 1. The molecule has 0 fully saturated rings. The summed E-state index contributed by atoms with van der Waals surface area (Å²) in [6.45, 7) is 4.41. The topological polar surface area (TPSA) is 117 Å². The van der Waals surface area contributed by atoms with Gasteiger partial charge < -0.3 is 24.4 Å². The van der Waals surface area contributed by atoms with Gasteiger partial charge in [0, 0.05) is 48.0 Å². The van der Waals surface area contributed by atoms with E-state index in [-0.39, 0.29) is 30.5 Å². The van der Waals surface area contributed by atoms with E-state index in [1.54, 1.807) is 42.6 Å². The van der Waals surface area contributed by atoms with E-state index in [1.807, 2.05) is 68.4 Å². The summed E-state index contributed by atoms with van der Waals surface area (Å²) in [5.41, 5.74) is 5.35. The van der Waals surface area contributed by atoms with Crippen molar-refractivity contribution in [1.29, 1.82) is 0 Å². The van der Waals surface area contributed by atoms with E-state index < -0.39 is 12.1 Å². The van der Waals surface area contributed by atoms with E-state index in [9.17, 15) is 14.4 Å². The predicted octanol–water partition coefficient (Wildman–Crippen LogP) is 6.57. The molecule has 4 bridgehead atoms. The van der Waals surface area contributed by atoms with Crippen molar-refractivity contribution in [2.24, 2.45) is 0 Å². The zero-order valence-electron chi connectivity index (χ0n) is 24.1. The number of nitrogens with one attached hydrogen (secondary N) is 3. The fourth-order valence-electron chi connectivity index (χ4n) is 5.63. The van der Waals surface area contributed by atoms with Gasteiger partial charge in [0.2, 0.25) is 5.91 Å². The lowest BCUT2D eigenvalue weighted by Crippen LogP contribution is -2.35. The molecule has 9 nitrogen and oxygen atoms in total. The van der Waals surface area contributed by atoms with E-state index in [2.05, 4.69) is 15.6 Å². The zero-order chi connectivity index (χ0) is 30.1. The van der Waals surface area contributed by atoms with Crippen LogP contribution < -0.4 is 16.2 Å². The molecule has 2 aromatic heterocycles. The number of rotatable bonds is 3. The van der Waals surface area contributed by atoms with Crippen molar-refractivity contribution in [3.05, 3.63) is 118 Å². The SMILES string of the molecule is Cc1cc2ccc1[C@@H](C)COC(=O)Nc1ccc(-c3ccco3)c(c1)CN(C)C(=O)[C@@H]2Nc1ccc2cc[nH]c(=O)c2c1. The molecule has 0 aliphatic carbocycles. The Labute approximate surface area is 248 Å². The molecule has 9 heteroatoms. The first-order valence-corrected chi connectivity index (χ1v) is 14.1. The van der Waals surface area contributed by atoms with Gasteiger partial charge in [-0.1, -0.05) is 31.2 Å². The molecule has 43 heavy (non-hydrogen) atoms. The standard InChI is InChI=1S/C34H32N4O5/c1-20-15-23-7-10-27(20)21(2)19-43-34(41)37-25-9-11-28(30-5-4-14-42-30)24(16-25)18-38(3)33(40)31(23)36-26-8-6-22-12-13-35-32(39)29(22)17-26/h4-17,21,31,36H,18-19H2,1-3H3,(H,35,39)(H,37,41)/t21-,31+/m0/s1. The predicted molar refractivity (Wildman–Crippen MR) is 166 cm³/mol. The van der Waals surface area contributed by atoms with Crippen molar-refractivity contribution in [2.45, 2.75) is 32.4 Å². The largest absolute Gasteiger partial charge is 0.464 e. The third-order valence-corrected chi connectivity index (χ3v) is 7.88. The van der Waals surface area contributed by atoms with Crippen LogP contribution in [0.15, 0.2) is 94.5 Å². The van der Waals surface area contributed by atoms with Gasteiger partial charge in [-0.2, -0.15) is 0 Å². The maximum Gasteiger partial charge on any atom is 0.411 e. The number of furan rings is 1. The Balaban J connectivity index is 1.43. The second-order valence-corrected chi connectivity index (χ2v) is 11.0. The third kappa shape index (κ3) is 5.74. The number of hydrogen-bond acceptors (Lipinski definition) is 6. The fourth-order valence-corrected chi connectivity index (χ4v) is 5.63. The highest BCUT2D eigenvalue weighted by atomic mass is 16.5. The van der Waals surface area contributed by atoms with Gasteiger partial charge in [-0.05, 0) is 83.1 Å². The number of carbonyl (C=O) groups is 2. The van der Waals surface area contributed by atoms with Crippen LogP contribution in [0.1, 0.15) is 41.1 Å². The number of pyridine rings is 1. The van der Waals surface area contributed by atoms with Gasteiger partial charge in [-0.25, -0.2) is 4.79 Å². The molecule has 0 saturated carbocycles. The summed E-state index contributed by atoms with van der Waals surface area (Å²) in [4.78, 5) is 43.8. The van der Waals surface area contributed by atoms with Gasteiger partial charge in [0.1, 0.15) is 11.8 Å². The van der Waals surface area contributed by atoms with Crippen LogP contribution in [0.2, 0.25) is 0 Å². The van der Waals surface area contributed by atoms with Crippen LogP contribution in [0.5, 0.6) is 0 Å². The molecular formula is C34H32N4O5. The van der Waals surface area contributed by atoms with Crippen molar-refractivity contribution >= 4 is 34.1 Å². The average molecular weight is 577 g/mol. The van der Waals surface area contributed by atoms with Gasteiger partial charge in [-0.15, -0.1) is 0 Å². The first-order valence-electron chi connectivity index (χ1n) is 14.1. The van der Waals surface area contributed by atoms with E-state index in [4.69, 9.17) is 9.15 Å². The van der Waals surface area contributed by atoms with Gasteiger partial charge in [0.05, 0.1) is 12.9 Å². The van der Waals surface area contributed by atoms with E-state index >= 15 is 0 Å². The number of carbonyl (C=O) groups excluding carboxylic acids is 2. The minimum Gasteiger partial charge on any atom is -0.464 e. The van der Waals surface area contributed by atoms with Crippen LogP contribution in [-0.4, -0.2) is 35.5 Å². The number of aryl methyl sites for hydroxylation is 1. The number of amides is 2. The first-order chi connectivity index (χ1) is 20.8. The van der Waals surface area contributed by atoms with Gasteiger partial charge >= 0.3 is 6.09 Å². The fraction of sp³-hybridized carbons (Fsp3) is 0.206. The van der Waals surface area contributed by atoms with Gasteiger partial charge in [0.25, 0.3) is 5.56 Å². The van der Waals surface area contributed by atoms with Crippen LogP contribution >= 0.6 is 0 Å². The first kappa shape index (κ1) is 27.8. The van der Waals surface area contributed by atoms with Crippen molar-refractivity contribution in [1.82, 2.24) is 9.88 Å². The molecule has 7 rings (SSSR count). The van der Waals surface area contributed by atoms with Gasteiger partial charge in [0.15, 0.2) is 0 Å². The quantitative estimate of drug-likeness (QED) is 0.224. The summed E-state index contributed by atoms with van der Waals surface area (Å²) in [7, 11) is 1.74. The van der Waals surface area contributed by atoms with Crippen LogP contribution in [0.25, 0.3) is 22.1 Å². The Hall–Kier alpha value is -5.31. The van der Waals surface area contributed by atoms with Gasteiger partial charge in [-0.3, -0.25) is 14.9 Å². The summed E-state index contributed by atoms with van der Waals surface area (Å²) >= 11 is 0. The maximum atomic E-state index is 14.3. The molecule has 218 valence electrons. The number of hydrogen-bond donors (Lipinski definition) is 3. The molecule has 3 aromatic carbocycles. The Morgan fingerprint density at radius 2 is 1.84 bits per heavy atom. The molecule has 0 unspecified atom stereocenters. The third-order valence-electron chi connectivity index (χ3n) is 7.88. The molecule has 2 aliphatic rings. The molecule has 4 heterocycles. The number of aromatic nitrogens is 1. The number of H-pyrrole nitrogens is 1. The normalized spacial score (nSPS) is 17.5. The summed E-state index contributed by atoms with van der Waals surface area (Å²) in [6.07, 6.45) is 2.66. The number of likely N-dealkylation sites (N-methyl/N-ethyl adjacent to an activating group) is 1. The lowest BCUT2D eigenvalue weighted by atomic mass is 9.92. The summed E-state index contributed by atoms with van der Waals surface area (Å²) in [5, 5.41) is 7.57. The second-order valence-electron chi connectivity index (χ2n) is 11.0. The molecule has 2 amide bonds. The van der Waals surface area contributed by atoms with Crippen LogP contribution in [0, 0.1) is 6.92 Å². The van der Waals surface area contributed by atoms with Crippen molar-refractivity contribution < 1.29 is 18.7 Å². The molecule has 2 atom stereocenters. The Bertz CT molecular complexity index is 1880. The van der Waals surface area contributed by atoms with Crippen molar-refractivity contribution in [3.8, 4) is 11.3 Å². The lowest BCUT2D eigenvalue weighted by molar-refractivity contribution is -0.131. The Morgan fingerprint density at radius 3 is 2.63 bits per heavy atom. The minimum absolute atomic E-state index is 0.0680. The van der Waals surface area contributed by atoms with Crippen molar-refractivity contribution in [3.63, 3.8) is 0 Å². The Kier molecular flexibility index (Phi) is 7.46. The highest BCUT2D eigenvalue weighted by Gasteiger charge is 2.27. The number of nitrogens with zero attached hydrogens (tertiary/aromatic N) is 1. The molecule has 0 saturated heterocycles. The highest BCUT2D eigenvalue weighted by Crippen LogP contribution is 2.31. The monoisotopic (exact) mass is 576 g/mol. The molecule has 2 aliphatic heterocycles. The van der Waals surface area contributed by atoms with E-state index in [0.29, 0.717) is 22.5 Å². The average Bonchev–Trinajstić information content (AvgIpc) is 3.53. The zero-order valence-corrected chi connectivity index (χ0v) is 24.1. The Morgan fingerprint density at radius 1 is 0.977 bits per heavy atom. The van der Waals surface area contributed by atoms with Crippen LogP contribution in [0.4, 0.5) is 16.2 Å².